The van der Waals surface area contributed by atoms with E-state index in [0.717, 1.165) is 27.2 Å². The SMILES string of the molecule is CC1C[C@H](NC(=O)[C@@H](O)[C@H](N)Cc2ccccc2)C(=O)N(CCOCCOCCOc2ccc3nc(N=Nc4ccc(N(C)C)cc4)sc3c2)C1. The number of ether oxygens (including phenoxy) is 3. The minimum Gasteiger partial charge on any atom is -0.491 e. The lowest BCUT2D eigenvalue weighted by Gasteiger charge is -2.36. The fraction of sp³-hybridized carbons (Fsp3) is 0.432. The molecule has 13 nitrogen and oxygen atoms in total. The van der Waals surface area contributed by atoms with Gasteiger partial charge in [0, 0.05) is 38.9 Å². The number of nitrogens with zero attached hydrogens (tertiary/aromatic N) is 5. The van der Waals surface area contributed by atoms with Crippen LogP contribution in [-0.4, -0.2) is 105 Å². The Hall–Kier alpha value is -4.47. The number of hydrogen-bond donors (Lipinski definition) is 3. The summed E-state index contributed by atoms with van der Waals surface area (Å²) in [5, 5.41) is 22.4. The molecule has 1 unspecified atom stereocenters. The van der Waals surface area contributed by atoms with Crippen molar-refractivity contribution in [3.63, 3.8) is 0 Å². The molecular weight excluding hydrogens is 671 g/mol. The van der Waals surface area contributed by atoms with Gasteiger partial charge in [0.25, 0.3) is 5.91 Å². The Balaban J connectivity index is 0.955. The Labute approximate surface area is 302 Å². The average Bonchev–Trinajstić information content (AvgIpc) is 3.54. The van der Waals surface area contributed by atoms with Crippen LogP contribution >= 0.6 is 11.3 Å². The van der Waals surface area contributed by atoms with E-state index in [0.29, 0.717) is 69.8 Å². The van der Waals surface area contributed by atoms with Crippen LogP contribution in [0.3, 0.4) is 0 Å². The summed E-state index contributed by atoms with van der Waals surface area (Å²) < 4.78 is 18.2. The third kappa shape index (κ3) is 11.3. The maximum Gasteiger partial charge on any atom is 0.251 e. The second-order valence-electron chi connectivity index (χ2n) is 12.8. The molecule has 14 heteroatoms. The van der Waals surface area contributed by atoms with E-state index in [9.17, 15) is 14.7 Å². The lowest BCUT2D eigenvalue weighted by molar-refractivity contribution is -0.143. The van der Waals surface area contributed by atoms with Crippen LogP contribution in [0.15, 0.2) is 83.0 Å². The first-order valence-corrected chi connectivity index (χ1v) is 17.9. The van der Waals surface area contributed by atoms with Gasteiger partial charge in [-0.15, -0.1) is 10.2 Å². The standard InChI is InChI=1S/C37H47N7O6S/c1-25-21-32(39-35(46)34(45)30(38)22-26-7-5-4-6-8-26)36(47)44(24-25)15-16-48-17-18-49-19-20-50-29-13-14-31-33(23-29)51-37(40-31)42-41-27-9-11-28(12-10-27)43(2)3/h4-14,23,25,30,32,34,45H,15-22,24,38H2,1-3H3,(H,39,46)/t25?,30-,32+,34+/m1/s1. The number of carbonyl (C=O) groups is 2. The number of fused-ring (bicyclic) bond motifs is 1. The normalized spacial score (nSPS) is 17.5. The molecule has 0 aliphatic carbocycles. The van der Waals surface area contributed by atoms with Crippen LogP contribution in [0.2, 0.25) is 0 Å². The highest BCUT2D eigenvalue weighted by atomic mass is 32.1. The highest BCUT2D eigenvalue weighted by Crippen LogP contribution is 2.32. The van der Waals surface area contributed by atoms with E-state index in [1.165, 1.54) is 11.3 Å². The van der Waals surface area contributed by atoms with Crippen molar-refractivity contribution in [1.82, 2.24) is 15.2 Å². The molecule has 1 aliphatic rings. The van der Waals surface area contributed by atoms with Crippen LogP contribution in [0.1, 0.15) is 18.9 Å². The molecule has 2 heterocycles. The zero-order chi connectivity index (χ0) is 36.2. The number of nitrogens with one attached hydrogen (secondary N) is 1. The minimum atomic E-state index is -1.42. The number of aliphatic hydroxyl groups excluding tert-OH is 1. The van der Waals surface area contributed by atoms with Crippen LogP contribution in [0.25, 0.3) is 10.2 Å². The lowest BCUT2D eigenvalue weighted by Crippen LogP contribution is -2.58. The monoisotopic (exact) mass is 717 g/mol. The van der Waals surface area contributed by atoms with Gasteiger partial charge in [0.1, 0.15) is 24.5 Å². The van der Waals surface area contributed by atoms with Crippen LogP contribution < -0.4 is 20.7 Å². The number of amides is 2. The number of nitrogens with two attached hydrogens (primary N) is 1. The number of thiazole rings is 1. The van der Waals surface area contributed by atoms with Gasteiger partial charge in [-0.25, -0.2) is 4.98 Å². The van der Waals surface area contributed by atoms with E-state index >= 15 is 0 Å². The molecule has 1 saturated heterocycles. The molecule has 5 rings (SSSR count). The van der Waals surface area contributed by atoms with Crippen molar-refractivity contribution < 1.29 is 28.9 Å². The third-order valence-electron chi connectivity index (χ3n) is 8.42. The molecule has 4 atom stereocenters. The van der Waals surface area contributed by atoms with E-state index in [1.807, 2.05) is 98.7 Å². The molecule has 1 aromatic heterocycles. The van der Waals surface area contributed by atoms with Gasteiger partial charge in [0.15, 0.2) is 0 Å². The average molecular weight is 718 g/mol. The third-order valence-corrected chi connectivity index (χ3v) is 9.33. The largest absolute Gasteiger partial charge is 0.491 e. The van der Waals surface area contributed by atoms with Crippen molar-refractivity contribution in [2.24, 2.45) is 21.9 Å². The minimum absolute atomic E-state index is 0.174. The zero-order valence-corrected chi connectivity index (χ0v) is 30.1. The molecule has 0 spiro atoms. The summed E-state index contributed by atoms with van der Waals surface area (Å²) in [7, 11) is 3.98. The number of piperidine rings is 1. The number of likely N-dealkylation sites (tertiary alicyclic amines) is 1. The number of hydrogen-bond acceptors (Lipinski definition) is 12. The van der Waals surface area contributed by atoms with Crippen molar-refractivity contribution in [3.05, 3.63) is 78.4 Å². The van der Waals surface area contributed by atoms with Crippen LogP contribution in [-0.2, 0) is 25.5 Å². The second-order valence-corrected chi connectivity index (χ2v) is 13.8. The van der Waals surface area contributed by atoms with Gasteiger partial charge < -0.3 is 40.2 Å². The molecule has 272 valence electrons. The predicted molar refractivity (Wildman–Crippen MR) is 198 cm³/mol. The maximum atomic E-state index is 13.1. The summed E-state index contributed by atoms with van der Waals surface area (Å²) in [5.74, 6) is 0.0634. The second kappa shape index (κ2) is 18.7. The van der Waals surface area contributed by atoms with E-state index in [1.54, 1.807) is 4.90 Å². The molecule has 4 N–H and O–H groups in total. The Morgan fingerprint density at radius 3 is 2.51 bits per heavy atom. The number of azo groups is 1. The van der Waals surface area contributed by atoms with Crippen molar-refractivity contribution >= 4 is 49.9 Å². The van der Waals surface area contributed by atoms with Crippen molar-refractivity contribution in [2.45, 2.75) is 38.0 Å². The summed E-state index contributed by atoms with van der Waals surface area (Å²) in [6.45, 7) is 4.84. The van der Waals surface area contributed by atoms with Crippen LogP contribution in [0.5, 0.6) is 5.75 Å². The van der Waals surface area contributed by atoms with Crippen molar-refractivity contribution in [1.29, 1.82) is 0 Å². The first-order valence-electron chi connectivity index (χ1n) is 17.1. The Kier molecular flexibility index (Phi) is 13.8. The van der Waals surface area contributed by atoms with Gasteiger partial charge >= 0.3 is 0 Å². The molecule has 0 radical (unpaired) electrons. The number of benzene rings is 3. The molecule has 0 bridgehead atoms. The molecule has 1 aliphatic heterocycles. The molecule has 51 heavy (non-hydrogen) atoms. The smallest absolute Gasteiger partial charge is 0.251 e. The van der Waals surface area contributed by atoms with Gasteiger partial charge in [-0.1, -0.05) is 48.6 Å². The summed E-state index contributed by atoms with van der Waals surface area (Å²) in [4.78, 5) is 34.1. The highest BCUT2D eigenvalue weighted by molar-refractivity contribution is 7.21. The highest BCUT2D eigenvalue weighted by Gasteiger charge is 2.35. The Morgan fingerprint density at radius 1 is 1.04 bits per heavy atom. The summed E-state index contributed by atoms with van der Waals surface area (Å²) in [6.07, 6.45) is -0.580. The Morgan fingerprint density at radius 2 is 1.76 bits per heavy atom. The van der Waals surface area contributed by atoms with Crippen LogP contribution in [0.4, 0.5) is 16.5 Å². The van der Waals surface area contributed by atoms with Gasteiger partial charge in [-0.05, 0) is 66.8 Å². The molecular formula is C37H47N7O6S. The van der Waals surface area contributed by atoms with Gasteiger partial charge in [0.05, 0.1) is 42.3 Å². The maximum absolute atomic E-state index is 13.1. The molecule has 3 aromatic carbocycles. The number of aliphatic hydroxyl groups is 1. The van der Waals surface area contributed by atoms with Crippen molar-refractivity contribution in [3.8, 4) is 5.75 Å². The molecule has 0 saturated carbocycles. The van der Waals surface area contributed by atoms with Gasteiger partial charge in [-0.3, -0.25) is 9.59 Å². The van der Waals surface area contributed by atoms with Crippen LogP contribution in [0, 0.1) is 5.92 Å². The summed E-state index contributed by atoms with van der Waals surface area (Å²) >= 11 is 1.44. The van der Waals surface area contributed by atoms with Crippen molar-refractivity contribution in [2.75, 3.05) is 65.1 Å². The zero-order valence-electron chi connectivity index (χ0n) is 29.3. The predicted octanol–water partition coefficient (Wildman–Crippen LogP) is 4.47. The first-order chi connectivity index (χ1) is 24.7. The fourth-order valence-corrected chi connectivity index (χ4v) is 6.51. The first kappa shape index (κ1) is 37.8. The number of rotatable bonds is 18. The summed E-state index contributed by atoms with van der Waals surface area (Å²) in [5.41, 5.74) is 9.71. The summed E-state index contributed by atoms with van der Waals surface area (Å²) in [6, 6.07) is 21.5. The fourth-order valence-electron chi connectivity index (χ4n) is 5.69. The Bertz CT molecular complexity index is 1740. The molecule has 2 amide bonds. The van der Waals surface area contributed by atoms with Gasteiger partial charge in [-0.2, -0.15) is 0 Å². The topological polar surface area (TPSA) is 164 Å². The number of anilines is 1. The molecule has 4 aromatic rings. The lowest BCUT2D eigenvalue weighted by atomic mass is 9.94. The van der Waals surface area contributed by atoms with E-state index < -0.39 is 24.1 Å². The van der Waals surface area contributed by atoms with E-state index in [2.05, 4.69) is 20.5 Å². The number of aromatic nitrogens is 1. The quantitative estimate of drug-likeness (QED) is 0.0995. The number of carbonyl (C=O) groups excluding carboxylic acids is 2. The van der Waals surface area contributed by atoms with E-state index in [4.69, 9.17) is 19.9 Å². The van der Waals surface area contributed by atoms with E-state index in [-0.39, 0.29) is 11.8 Å². The van der Waals surface area contributed by atoms with Gasteiger partial charge in [0.2, 0.25) is 11.0 Å². The molecule has 1 fully saturated rings.